The zero-order chi connectivity index (χ0) is 20.1. The molecule has 1 fully saturated rings. The van der Waals surface area contributed by atoms with Crippen molar-refractivity contribution in [3.8, 4) is 5.75 Å². The molecule has 8 heteroatoms. The normalized spacial score (nSPS) is 14.9. The molecular formula is C20H27ClN4O2S. The molecule has 3 rings (SSSR count). The molecule has 28 heavy (non-hydrogen) atoms. The zero-order valence-corrected chi connectivity index (χ0v) is 18.2. The molecule has 0 aliphatic heterocycles. The molecule has 6 nitrogen and oxygen atoms in total. The average Bonchev–Trinajstić information content (AvgIpc) is 3.08. The van der Waals surface area contributed by atoms with E-state index in [0.717, 1.165) is 35.1 Å². The van der Waals surface area contributed by atoms with Gasteiger partial charge in [0.2, 0.25) is 5.91 Å². The van der Waals surface area contributed by atoms with Crippen molar-refractivity contribution in [2.24, 2.45) is 0 Å². The fourth-order valence-electron chi connectivity index (χ4n) is 3.38. The van der Waals surface area contributed by atoms with Gasteiger partial charge in [-0.2, -0.15) is 0 Å². The minimum Gasteiger partial charge on any atom is -0.485 e. The lowest BCUT2D eigenvalue weighted by Crippen LogP contribution is -2.24. The molecule has 1 aliphatic carbocycles. The standard InChI is InChI=1S/C20H27ClN4O2S/c1-14-11-15(21)9-10-17(14)27-12-18-22-23-20(28-13-19(26)24(2)3)25(18)16-7-5-4-6-8-16/h9-11,16H,4-8,12-13H2,1-3H3. The molecular weight excluding hydrogens is 396 g/mol. The van der Waals surface area contributed by atoms with Gasteiger partial charge in [-0.05, 0) is 43.5 Å². The predicted octanol–water partition coefficient (Wildman–Crippen LogP) is 4.50. The maximum atomic E-state index is 12.0. The molecule has 0 atom stereocenters. The van der Waals surface area contributed by atoms with Crippen LogP contribution in [0.4, 0.5) is 0 Å². The van der Waals surface area contributed by atoms with Crippen LogP contribution in [0.2, 0.25) is 5.02 Å². The first kappa shape index (κ1) is 21.0. The number of hydrogen-bond acceptors (Lipinski definition) is 5. The van der Waals surface area contributed by atoms with Gasteiger partial charge < -0.3 is 9.64 Å². The predicted molar refractivity (Wildman–Crippen MR) is 112 cm³/mol. The summed E-state index contributed by atoms with van der Waals surface area (Å²) in [6.07, 6.45) is 5.91. The van der Waals surface area contributed by atoms with E-state index in [1.807, 2.05) is 25.1 Å². The number of aryl methyl sites for hydroxylation is 1. The van der Waals surface area contributed by atoms with Crippen LogP contribution in [-0.4, -0.2) is 45.4 Å². The van der Waals surface area contributed by atoms with E-state index >= 15 is 0 Å². The van der Waals surface area contributed by atoms with Gasteiger partial charge in [0, 0.05) is 25.2 Å². The minimum atomic E-state index is 0.0674. The van der Waals surface area contributed by atoms with E-state index in [9.17, 15) is 4.79 Å². The first-order valence-corrected chi connectivity index (χ1v) is 11.0. The third kappa shape index (κ3) is 5.20. The highest BCUT2D eigenvalue weighted by atomic mass is 35.5. The number of aromatic nitrogens is 3. The molecule has 0 radical (unpaired) electrons. The third-order valence-corrected chi connectivity index (χ3v) is 6.16. The first-order valence-electron chi connectivity index (χ1n) is 9.61. The summed E-state index contributed by atoms with van der Waals surface area (Å²) >= 11 is 7.48. The summed E-state index contributed by atoms with van der Waals surface area (Å²) < 4.78 is 8.21. The van der Waals surface area contributed by atoms with Crippen molar-refractivity contribution >= 4 is 29.3 Å². The fourth-order valence-corrected chi connectivity index (χ4v) is 4.61. The summed E-state index contributed by atoms with van der Waals surface area (Å²) in [5.74, 6) is 2.02. The van der Waals surface area contributed by atoms with Gasteiger partial charge in [-0.15, -0.1) is 10.2 Å². The van der Waals surface area contributed by atoms with Gasteiger partial charge in [0.05, 0.1) is 5.75 Å². The lowest BCUT2D eigenvalue weighted by molar-refractivity contribution is -0.125. The maximum Gasteiger partial charge on any atom is 0.232 e. The van der Waals surface area contributed by atoms with E-state index in [0.29, 0.717) is 23.4 Å². The average molecular weight is 423 g/mol. The van der Waals surface area contributed by atoms with Crippen LogP contribution in [0, 0.1) is 6.92 Å². The molecule has 0 unspecified atom stereocenters. The Hall–Kier alpha value is -1.73. The highest BCUT2D eigenvalue weighted by Crippen LogP contribution is 2.33. The van der Waals surface area contributed by atoms with Crippen molar-refractivity contribution in [3.05, 3.63) is 34.6 Å². The number of nitrogens with zero attached hydrogens (tertiary/aromatic N) is 4. The van der Waals surface area contributed by atoms with Gasteiger partial charge in [0.25, 0.3) is 0 Å². The Balaban J connectivity index is 1.78. The molecule has 152 valence electrons. The smallest absolute Gasteiger partial charge is 0.232 e. The fraction of sp³-hybridized carbons (Fsp3) is 0.550. The van der Waals surface area contributed by atoms with Crippen LogP contribution in [0.15, 0.2) is 23.4 Å². The second-order valence-electron chi connectivity index (χ2n) is 7.34. The van der Waals surface area contributed by atoms with Gasteiger partial charge in [0.15, 0.2) is 11.0 Å². The summed E-state index contributed by atoms with van der Waals surface area (Å²) in [6.45, 7) is 2.31. The molecule has 0 bridgehead atoms. The molecule has 1 aliphatic rings. The van der Waals surface area contributed by atoms with Crippen LogP contribution in [0.5, 0.6) is 5.75 Å². The highest BCUT2D eigenvalue weighted by molar-refractivity contribution is 7.99. The summed E-state index contributed by atoms with van der Waals surface area (Å²) in [5, 5.41) is 10.3. The second kappa shape index (κ2) is 9.65. The summed E-state index contributed by atoms with van der Waals surface area (Å²) in [7, 11) is 3.53. The SMILES string of the molecule is Cc1cc(Cl)ccc1OCc1nnc(SCC(=O)N(C)C)n1C1CCCCC1. The van der Waals surface area contributed by atoms with Crippen LogP contribution in [-0.2, 0) is 11.4 Å². The number of hydrogen-bond donors (Lipinski definition) is 0. The van der Waals surface area contributed by atoms with Gasteiger partial charge in [-0.3, -0.25) is 9.36 Å². The Morgan fingerprint density at radius 2 is 2.04 bits per heavy atom. The summed E-state index contributed by atoms with van der Waals surface area (Å²) in [6, 6.07) is 5.95. The van der Waals surface area contributed by atoms with E-state index in [4.69, 9.17) is 16.3 Å². The van der Waals surface area contributed by atoms with Crippen LogP contribution >= 0.6 is 23.4 Å². The molecule has 1 amide bonds. The number of halogens is 1. The van der Waals surface area contributed by atoms with Crippen molar-refractivity contribution in [2.75, 3.05) is 19.8 Å². The van der Waals surface area contributed by atoms with Crippen molar-refractivity contribution in [3.63, 3.8) is 0 Å². The number of rotatable bonds is 7. The lowest BCUT2D eigenvalue weighted by Gasteiger charge is -2.25. The molecule has 0 spiro atoms. The molecule has 1 saturated carbocycles. The second-order valence-corrected chi connectivity index (χ2v) is 8.71. The number of carbonyl (C=O) groups excluding carboxylic acids is 1. The Morgan fingerprint density at radius 3 is 2.71 bits per heavy atom. The van der Waals surface area contributed by atoms with Crippen molar-refractivity contribution in [1.82, 2.24) is 19.7 Å². The summed E-state index contributed by atoms with van der Waals surface area (Å²) in [5.41, 5.74) is 0.988. The van der Waals surface area contributed by atoms with Crippen molar-refractivity contribution in [2.45, 2.75) is 56.8 Å². The number of thioether (sulfide) groups is 1. The minimum absolute atomic E-state index is 0.0674. The number of benzene rings is 1. The van der Waals surface area contributed by atoms with Crippen LogP contribution in [0.1, 0.15) is 49.5 Å². The topological polar surface area (TPSA) is 60.3 Å². The first-order chi connectivity index (χ1) is 13.5. The van der Waals surface area contributed by atoms with Gasteiger partial charge >= 0.3 is 0 Å². The van der Waals surface area contributed by atoms with Gasteiger partial charge in [-0.25, -0.2) is 0 Å². The van der Waals surface area contributed by atoms with E-state index in [-0.39, 0.29) is 5.91 Å². The maximum absolute atomic E-state index is 12.0. The monoisotopic (exact) mass is 422 g/mol. The Labute approximate surface area is 175 Å². The van der Waals surface area contributed by atoms with Crippen LogP contribution in [0.25, 0.3) is 0 Å². The Bertz CT molecular complexity index is 819. The van der Waals surface area contributed by atoms with Crippen molar-refractivity contribution in [1.29, 1.82) is 0 Å². The molecule has 2 aromatic rings. The molecule has 0 saturated heterocycles. The lowest BCUT2D eigenvalue weighted by atomic mass is 9.95. The van der Waals surface area contributed by atoms with E-state index in [1.54, 1.807) is 19.0 Å². The number of ether oxygens (including phenoxy) is 1. The molecule has 0 N–H and O–H groups in total. The largest absolute Gasteiger partial charge is 0.485 e. The zero-order valence-electron chi connectivity index (χ0n) is 16.7. The Morgan fingerprint density at radius 1 is 1.29 bits per heavy atom. The molecule has 1 aromatic carbocycles. The number of carbonyl (C=O) groups is 1. The third-order valence-electron chi connectivity index (χ3n) is 4.99. The highest BCUT2D eigenvalue weighted by Gasteiger charge is 2.24. The van der Waals surface area contributed by atoms with Gasteiger partial charge in [0.1, 0.15) is 12.4 Å². The summed E-state index contributed by atoms with van der Waals surface area (Å²) in [4.78, 5) is 13.6. The Kier molecular flexibility index (Phi) is 7.24. The van der Waals surface area contributed by atoms with Gasteiger partial charge in [-0.1, -0.05) is 42.6 Å². The molecule has 1 heterocycles. The van der Waals surface area contributed by atoms with E-state index in [2.05, 4.69) is 14.8 Å². The van der Waals surface area contributed by atoms with Crippen LogP contribution in [0.3, 0.4) is 0 Å². The van der Waals surface area contributed by atoms with Crippen LogP contribution < -0.4 is 4.74 Å². The molecule has 1 aromatic heterocycles. The quantitative estimate of drug-likeness (QED) is 0.614. The number of amides is 1. The van der Waals surface area contributed by atoms with Crippen molar-refractivity contribution < 1.29 is 9.53 Å². The van der Waals surface area contributed by atoms with E-state index < -0.39 is 0 Å². The van der Waals surface area contributed by atoms with E-state index in [1.165, 1.54) is 31.0 Å².